The van der Waals surface area contributed by atoms with Gasteiger partial charge in [-0.3, -0.25) is 19.2 Å². The monoisotopic (exact) mass is 767 g/mol. The molecule has 0 spiro atoms. The van der Waals surface area contributed by atoms with Crippen molar-refractivity contribution in [1.29, 1.82) is 0 Å². The highest BCUT2D eigenvalue weighted by molar-refractivity contribution is 7.93. The van der Waals surface area contributed by atoms with E-state index < -0.39 is 66.6 Å². The third-order valence-corrected chi connectivity index (χ3v) is 17.1. The largest absolute Gasteiger partial charge is 0.350 e. The molecule has 6 rings (SSSR count). The summed E-state index contributed by atoms with van der Waals surface area (Å²) < 4.78 is 26.6. The van der Waals surface area contributed by atoms with Crippen LogP contribution in [0.2, 0.25) is 0 Å². The number of likely N-dealkylation sites (N-methyl/N-ethyl adjacent to an activating group) is 1. The Kier molecular flexibility index (Phi) is 10.6. The van der Waals surface area contributed by atoms with Crippen LogP contribution in [-0.2, 0) is 41.9 Å². The number of carbonyl (C=O) groups is 5. The fourth-order valence-electron chi connectivity index (χ4n) is 10.3. The lowest BCUT2D eigenvalue weighted by atomic mass is 9.79. The minimum Gasteiger partial charge on any atom is -0.350 e. The summed E-state index contributed by atoms with van der Waals surface area (Å²) in [5.41, 5.74) is -0.329. The highest BCUT2D eigenvalue weighted by Gasteiger charge is 2.71. The van der Waals surface area contributed by atoms with Crippen molar-refractivity contribution in [1.82, 2.24) is 26.2 Å². The number of nitrogens with zero attached hydrogens (tertiary/aromatic N) is 1. The molecule has 7 atom stereocenters. The smallest absolute Gasteiger partial charge is 0.315 e. The molecule has 13 heteroatoms. The summed E-state index contributed by atoms with van der Waals surface area (Å²) in [5, 5.41) is 10.9. The number of hydrogen-bond acceptors (Lipinski definition) is 7. The van der Waals surface area contributed by atoms with Crippen LogP contribution in [0.4, 0.5) is 4.79 Å². The molecule has 12 nitrogen and oxygen atoms in total. The first-order valence-corrected chi connectivity index (χ1v) is 21.6. The number of piperidine rings is 1. The third kappa shape index (κ3) is 6.84. The second-order valence-corrected chi connectivity index (χ2v) is 21.4. The molecular weight excluding hydrogens is 707 g/mol. The standard InChI is InChI=1S/C41H61N5O7S/c1-9-28-22-41(28,33(47)35(49)42-10-2)44-34(48)32-30-29(39(30,7)8)23-46(32)36(50)31(27-20-25-16-12-13-17-26(25)21-27)43-37(51)45-40(18-14-11-15-19-40)24(3)54(52,53)38(4,5)6/h12-13,16-17,24,27-32H,9-11,14-15,18-23H2,1-8H3,(H,42,49)(H,44,48)(H2,43,45,51)/t24-,28?,29+,30+,31+,32+,41+/m1/s1. The highest BCUT2D eigenvalue weighted by atomic mass is 32.2. The van der Waals surface area contributed by atoms with Gasteiger partial charge in [-0.05, 0) is 107 Å². The molecule has 4 fully saturated rings. The Morgan fingerprint density at radius 3 is 2.09 bits per heavy atom. The van der Waals surface area contributed by atoms with Crippen molar-refractivity contribution in [3.8, 4) is 0 Å². The number of fused-ring (bicyclic) bond motifs is 2. The molecule has 298 valence electrons. The maximum absolute atomic E-state index is 15.0. The predicted octanol–water partition coefficient (Wildman–Crippen LogP) is 3.85. The maximum Gasteiger partial charge on any atom is 0.315 e. The number of nitrogens with one attached hydrogen (secondary N) is 4. The van der Waals surface area contributed by atoms with Gasteiger partial charge in [0.25, 0.3) is 5.91 Å². The van der Waals surface area contributed by atoms with E-state index in [1.165, 1.54) is 0 Å². The van der Waals surface area contributed by atoms with E-state index in [0.29, 0.717) is 45.1 Å². The van der Waals surface area contributed by atoms with Crippen molar-refractivity contribution in [2.45, 2.75) is 146 Å². The van der Waals surface area contributed by atoms with Crippen molar-refractivity contribution < 1.29 is 32.4 Å². The molecule has 5 amide bonds. The lowest BCUT2D eigenvalue weighted by Crippen LogP contribution is -2.65. The van der Waals surface area contributed by atoms with E-state index in [4.69, 9.17) is 0 Å². The van der Waals surface area contributed by atoms with Gasteiger partial charge in [-0.25, -0.2) is 13.2 Å². The van der Waals surface area contributed by atoms with Crippen LogP contribution in [-0.4, -0.2) is 89.1 Å². The molecule has 1 saturated heterocycles. The first-order valence-electron chi connectivity index (χ1n) is 20.1. The van der Waals surface area contributed by atoms with Crippen LogP contribution in [0.15, 0.2) is 24.3 Å². The van der Waals surface area contributed by atoms with Gasteiger partial charge in [0.2, 0.25) is 17.6 Å². The van der Waals surface area contributed by atoms with E-state index in [-0.39, 0.29) is 41.5 Å². The van der Waals surface area contributed by atoms with Gasteiger partial charge < -0.3 is 26.2 Å². The number of Topliss-reactive ketones (excluding diaryl/α,β-unsaturated/α-hetero) is 1. The van der Waals surface area contributed by atoms with Crippen molar-refractivity contribution >= 4 is 39.4 Å². The predicted molar refractivity (Wildman–Crippen MR) is 206 cm³/mol. The zero-order valence-electron chi connectivity index (χ0n) is 33.3. The Balaban J connectivity index is 1.29. The van der Waals surface area contributed by atoms with Gasteiger partial charge in [0.1, 0.15) is 17.6 Å². The quantitative estimate of drug-likeness (QED) is 0.234. The minimum atomic E-state index is -3.66. The minimum absolute atomic E-state index is 0.0534. The molecule has 1 aromatic carbocycles. The van der Waals surface area contributed by atoms with E-state index in [2.05, 4.69) is 35.1 Å². The number of hydrogen-bond donors (Lipinski definition) is 4. The molecule has 0 radical (unpaired) electrons. The molecule has 1 unspecified atom stereocenters. The Morgan fingerprint density at radius 1 is 0.944 bits per heavy atom. The number of sulfone groups is 1. The fraction of sp³-hybridized carbons (Fsp3) is 0.732. The summed E-state index contributed by atoms with van der Waals surface area (Å²) in [6.07, 6.45) is 5.58. The van der Waals surface area contributed by atoms with Gasteiger partial charge in [0, 0.05) is 13.1 Å². The summed E-state index contributed by atoms with van der Waals surface area (Å²) in [7, 11) is -3.66. The van der Waals surface area contributed by atoms with Crippen LogP contribution < -0.4 is 21.3 Å². The SMILES string of the molecule is CCNC(=O)C(=O)[C@]1(NC(=O)[C@@H]2[C@@H]3[C@H](CN2C(=O)[C@@H](NC(=O)NC2([C@@H](C)S(=O)(=O)C(C)(C)C)CCCCC2)C2Cc4ccccc4C2)C3(C)C)CC1CC. The van der Waals surface area contributed by atoms with Crippen molar-refractivity contribution in [2.75, 3.05) is 13.1 Å². The van der Waals surface area contributed by atoms with Crippen molar-refractivity contribution in [2.24, 2.45) is 29.1 Å². The van der Waals surface area contributed by atoms with Crippen LogP contribution in [0.5, 0.6) is 0 Å². The van der Waals surface area contributed by atoms with Gasteiger partial charge in [0.15, 0.2) is 9.84 Å². The summed E-state index contributed by atoms with van der Waals surface area (Å²) >= 11 is 0. The molecule has 3 saturated carbocycles. The first kappa shape index (κ1) is 40.2. The zero-order chi connectivity index (χ0) is 39.6. The summed E-state index contributed by atoms with van der Waals surface area (Å²) in [5.74, 6) is -2.79. The molecule has 0 bridgehead atoms. The molecule has 5 aliphatic rings. The Bertz CT molecular complexity index is 1770. The number of rotatable bonds is 12. The van der Waals surface area contributed by atoms with Gasteiger partial charge in [-0.2, -0.15) is 0 Å². The molecule has 4 aliphatic carbocycles. The first-order chi connectivity index (χ1) is 25.3. The number of benzene rings is 1. The van der Waals surface area contributed by atoms with E-state index >= 15 is 4.79 Å². The van der Waals surface area contributed by atoms with Crippen LogP contribution in [0.1, 0.15) is 111 Å². The number of likely N-dealkylation sites (tertiary alicyclic amines) is 1. The Hall–Kier alpha value is -3.48. The van der Waals surface area contributed by atoms with Crippen LogP contribution in [0, 0.1) is 29.1 Å². The van der Waals surface area contributed by atoms with E-state index in [1.807, 2.05) is 31.2 Å². The normalized spacial score (nSPS) is 29.2. The molecule has 1 heterocycles. The molecule has 4 N–H and O–H groups in total. The van der Waals surface area contributed by atoms with Crippen molar-refractivity contribution in [3.05, 3.63) is 35.4 Å². The van der Waals surface area contributed by atoms with Gasteiger partial charge in [-0.1, -0.05) is 70.7 Å². The second kappa shape index (κ2) is 14.2. The molecular formula is C41H61N5O7S. The highest BCUT2D eigenvalue weighted by Crippen LogP contribution is 2.65. The molecule has 1 aromatic rings. The summed E-state index contributed by atoms with van der Waals surface area (Å²) in [6.45, 7) is 15.2. The van der Waals surface area contributed by atoms with Crippen LogP contribution in [0.3, 0.4) is 0 Å². The summed E-state index contributed by atoms with van der Waals surface area (Å²) in [6, 6.07) is 5.49. The average Bonchev–Trinajstić information content (AvgIpc) is 3.72. The van der Waals surface area contributed by atoms with Gasteiger partial charge in [-0.15, -0.1) is 0 Å². The topological polar surface area (TPSA) is 171 Å². The second-order valence-electron chi connectivity index (χ2n) is 18.4. The molecule has 0 aromatic heterocycles. The number of urea groups is 1. The molecule has 1 aliphatic heterocycles. The van der Waals surface area contributed by atoms with E-state index in [1.54, 1.807) is 39.5 Å². The van der Waals surface area contributed by atoms with Crippen molar-refractivity contribution in [3.63, 3.8) is 0 Å². The van der Waals surface area contributed by atoms with E-state index in [9.17, 15) is 27.6 Å². The van der Waals surface area contributed by atoms with Crippen LogP contribution >= 0.6 is 0 Å². The van der Waals surface area contributed by atoms with Crippen LogP contribution in [0.25, 0.3) is 0 Å². The molecule has 54 heavy (non-hydrogen) atoms. The Morgan fingerprint density at radius 2 is 1.56 bits per heavy atom. The number of amides is 5. The summed E-state index contributed by atoms with van der Waals surface area (Å²) in [4.78, 5) is 71.5. The fourth-order valence-corrected chi connectivity index (χ4v) is 12.2. The number of ketones is 1. The average molecular weight is 768 g/mol. The third-order valence-electron chi connectivity index (χ3n) is 14.0. The lowest BCUT2D eigenvalue weighted by molar-refractivity contribution is -0.145. The maximum atomic E-state index is 15.0. The number of carbonyl (C=O) groups excluding carboxylic acids is 5. The Labute approximate surface area is 321 Å². The van der Waals surface area contributed by atoms with E-state index in [0.717, 1.165) is 30.4 Å². The lowest BCUT2D eigenvalue weighted by Gasteiger charge is -2.44. The van der Waals surface area contributed by atoms with Gasteiger partial charge in [0.05, 0.1) is 15.5 Å². The zero-order valence-corrected chi connectivity index (χ0v) is 34.2. The van der Waals surface area contributed by atoms with Gasteiger partial charge >= 0.3 is 6.03 Å².